The highest BCUT2D eigenvalue weighted by Gasteiger charge is 2.55. The number of β-lactam (4-membered cyclic amide) rings is 1. The molecule has 1 fully saturated rings. The van der Waals surface area contributed by atoms with E-state index in [1.54, 1.807) is 51.1 Å². The minimum atomic E-state index is -0.937. The van der Waals surface area contributed by atoms with Crippen LogP contribution in [0.1, 0.15) is 31.1 Å². The van der Waals surface area contributed by atoms with Crippen LogP contribution in [0.15, 0.2) is 41.8 Å². The summed E-state index contributed by atoms with van der Waals surface area (Å²) >= 11 is 0. The van der Waals surface area contributed by atoms with E-state index in [9.17, 15) is 19.5 Å². The average molecular weight is 360 g/mol. The van der Waals surface area contributed by atoms with Gasteiger partial charge in [0, 0.05) is 5.56 Å². The van der Waals surface area contributed by atoms with E-state index < -0.39 is 35.7 Å². The molecular weight excluding hydrogens is 340 g/mol. The Balaban J connectivity index is 1.75. The maximum atomic E-state index is 12.5. The molecule has 0 bridgehead atoms. The first-order valence-electron chi connectivity index (χ1n) is 8.15. The molecule has 2 N–H and O–H groups in total. The number of aliphatic hydroxyl groups is 1. The van der Waals surface area contributed by atoms with Gasteiger partial charge in [0.2, 0.25) is 0 Å². The molecule has 0 aromatic heterocycles. The van der Waals surface area contributed by atoms with Crippen molar-refractivity contribution in [3.63, 3.8) is 0 Å². The third-order valence-corrected chi connectivity index (χ3v) is 3.86. The van der Waals surface area contributed by atoms with E-state index in [0.29, 0.717) is 5.56 Å². The molecule has 1 saturated heterocycles. The molecule has 8 nitrogen and oxygen atoms in total. The molecule has 8 heteroatoms. The molecule has 2 atom stereocenters. The van der Waals surface area contributed by atoms with E-state index >= 15 is 0 Å². The van der Waals surface area contributed by atoms with Crippen LogP contribution in [-0.4, -0.2) is 52.3 Å². The Kier molecular flexibility index (Phi) is 4.45. The number of rotatable bonds is 3. The van der Waals surface area contributed by atoms with Crippen molar-refractivity contribution >= 4 is 17.8 Å². The van der Waals surface area contributed by atoms with E-state index in [4.69, 9.17) is 9.47 Å². The van der Waals surface area contributed by atoms with Gasteiger partial charge in [-0.05, 0) is 32.9 Å². The molecule has 2 aliphatic rings. The number of hydrogen-bond acceptors (Lipinski definition) is 6. The van der Waals surface area contributed by atoms with Crippen LogP contribution in [-0.2, 0) is 19.1 Å². The van der Waals surface area contributed by atoms with Gasteiger partial charge in [0.1, 0.15) is 18.0 Å². The van der Waals surface area contributed by atoms with Gasteiger partial charge in [-0.15, -0.1) is 0 Å². The third kappa shape index (κ3) is 3.28. The van der Waals surface area contributed by atoms with Crippen LogP contribution in [0.3, 0.4) is 0 Å². The Hall–Kier alpha value is -2.87. The first kappa shape index (κ1) is 17.9. The Labute approximate surface area is 150 Å². The van der Waals surface area contributed by atoms with Gasteiger partial charge < -0.3 is 19.9 Å². The smallest absolute Gasteiger partial charge is 0.359 e. The van der Waals surface area contributed by atoms with Crippen LogP contribution in [0.4, 0.5) is 0 Å². The molecule has 3 rings (SSSR count). The van der Waals surface area contributed by atoms with Crippen LogP contribution in [0.5, 0.6) is 0 Å². The zero-order valence-electron chi connectivity index (χ0n) is 14.7. The number of carbonyl (C=O) groups excluding carboxylic acids is 3. The molecule has 0 unspecified atom stereocenters. The SMILES string of the molecule is CC(C)(C)OC(=O)C1=C(O)CO[C@@H]2[C@@H](NC(=O)c3ccccc3)C(=O)N12. The molecule has 0 saturated carbocycles. The highest BCUT2D eigenvalue weighted by molar-refractivity contribution is 6.03. The first-order valence-corrected chi connectivity index (χ1v) is 8.15. The van der Waals surface area contributed by atoms with Crippen LogP contribution < -0.4 is 5.32 Å². The van der Waals surface area contributed by atoms with Crippen LogP contribution >= 0.6 is 0 Å². The minimum Gasteiger partial charge on any atom is -0.507 e. The summed E-state index contributed by atoms with van der Waals surface area (Å²) in [5.74, 6) is -2.17. The van der Waals surface area contributed by atoms with Crippen LogP contribution in [0.25, 0.3) is 0 Å². The van der Waals surface area contributed by atoms with E-state index in [0.717, 1.165) is 4.90 Å². The van der Waals surface area contributed by atoms with Gasteiger partial charge in [-0.1, -0.05) is 18.2 Å². The number of ether oxygens (including phenoxy) is 2. The topological polar surface area (TPSA) is 105 Å². The molecule has 1 aromatic carbocycles. The molecule has 0 aliphatic carbocycles. The van der Waals surface area contributed by atoms with Crippen molar-refractivity contribution in [2.75, 3.05) is 6.61 Å². The van der Waals surface area contributed by atoms with Gasteiger partial charge in [-0.25, -0.2) is 4.79 Å². The van der Waals surface area contributed by atoms with E-state index in [-0.39, 0.29) is 18.1 Å². The fraction of sp³-hybridized carbons (Fsp3) is 0.389. The number of aliphatic hydroxyl groups excluding tert-OH is 1. The van der Waals surface area contributed by atoms with Crippen molar-refractivity contribution in [3.05, 3.63) is 47.4 Å². The predicted molar refractivity (Wildman–Crippen MR) is 89.8 cm³/mol. The fourth-order valence-electron chi connectivity index (χ4n) is 2.73. The van der Waals surface area contributed by atoms with Gasteiger partial charge in [0.25, 0.3) is 11.8 Å². The summed E-state index contributed by atoms with van der Waals surface area (Å²) in [4.78, 5) is 38.1. The molecular formula is C18H20N2O6. The molecule has 0 spiro atoms. The lowest BCUT2D eigenvalue weighted by Crippen LogP contribution is -2.73. The third-order valence-electron chi connectivity index (χ3n) is 3.86. The minimum absolute atomic E-state index is 0.244. The number of fused-ring (bicyclic) bond motifs is 1. The lowest BCUT2D eigenvalue weighted by atomic mass is 10.00. The second-order valence-electron chi connectivity index (χ2n) is 7.02. The Morgan fingerprint density at radius 3 is 2.54 bits per heavy atom. The summed E-state index contributed by atoms with van der Waals surface area (Å²) in [6.45, 7) is 4.79. The summed E-state index contributed by atoms with van der Waals surface area (Å²) < 4.78 is 10.6. The standard InChI is InChI=1S/C18H20N2O6/c1-18(2,3)26-17(24)13-11(21)9-25-16-12(15(23)20(13)16)19-14(22)10-7-5-4-6-8-10/h4-8,12,16,21H,9H2,1-3H3,(H,19,22)/t12-,16+/m0/s1. The Morgan fingerprint density at radius 2 is 1.92 bits per heavy atom. The summed E-state index contributed by atoms with van der Waals surface area (Å²) in [6.07, 6.45) is -0.867. The lowest BCUT2D eigenvalue weighted by molar-refractivity contribution is -0.188. The molecule has 2 amide bonds. The van der Waals surface area contributed by atoms with Crippen molar-refractivity contribution < 1.29 is 29.0 Å². The summed E-state index contributed by atoms with van der Waals surface area (Å²) in [5, 5.41) is 12.6. The van der Waals surface area contributed by atoms with Crippen molar-refractivity contribution in [1.82, 2.24) is 10.2 Å². The number of nitrogens with zero attached hydrogens (tertiary/aromatic N) is 1. The zero-order valence-corrected chi connectivity index (χ0v) is 14.7. The lowest BCUT2D eigenvalue weighted by Gasteiger charge is -2.48. The van der Waals surface area contributed by atoms with Gasteiger partial charge in [-0.2, -0.15) is 0 Å². The van der Waals surface area contributed by atoms with Crippen LogP contribution in [0.2, 0.25) is 0 Å². The van der Waals surface area contributed by atoms with E-state index in [2.05, 4.69) is 5.32 Å². The van der Waals surface area contributed by atoms with Crippen molar-refractivity contribution in [2.45, 2.75) is 38.6 Å². The highest BCUT2D eigenvalue weighted by atomic mass is 16.6. The molecule has 2 heterocycles. The highest BCUT2D eigenvalue weighted by Crippen LogP contribution is 2.33. The molecule has 26 heavy (non-hydrogen) atoms. The van der Waals surface area contributed by atoms with Crippen LogP contribution in [0, 0.1) is 0 Å². The average Bonchev–Trinajstić information content (AvgIpc) is 2.58. The normalized spacial score (nSPS) is 22.4. The molecule has 1 aromatic rings. The van der Waals surface area contributed by atoms with Gasteiger partial charge >= 0.3 is 5.97 Å². The quantitative estimate of drug-likeness (QED) is 0.618. The summed E-state index contributed by atoms with van der Waals surface area (Å²) in [7, 11) is 0. The fourth-order valence-corrected chi connectivity index (χ4v) is 2.73. The maximum Gasteiger partial charge on any atom is 0.359 e. The monoisotopic (exact) mass is 360 g/mol. The van der Waals surface area contributed by atoms with Crippen molar-refractivity contribution in [3.8, 4) is 0 Å². The number of carbonyl (C=O) groups is 3. The van der Waals surface area contributed by atoms with E-state index in [1.807, 2.05) is 0 Å². The Bertz CT molecular complexity index is 781. The van der Waals surface area contributed by atoms with E-state index in [1.165, 1.54) is 0 Å². The van der Waals surface area contributed by atoms with Gasteiger partial charge in [0.15, 0.2) is 18.0 Å². The summed E-state index contributed by atoms with van der Waals surface area (Å²) in [5.41, 5.74) is -0.626. The van der Waals surface area contributed by atoms with Crippen molar-refractivity contribution in [2.24, 2.45) is 0 Å². The molecule has 138 valence electrons. The number of hydrogen-bond donors (Lipinski definition) is 2. The number of nitrogens with one attached hydrogen (secondary N) is 1. The van der Waals surface area contributed by atoms with Crippen molar-refractivity contribution in [1.29, 1.82) is 0 Å². The maximum absolute atomic E-state index is 12.5. The second-order valence-corrected chi connectivity index (χ2v) is 7.02. The predicted octanol–water partition coefficient (Wildman–Crippen LogP) is 1.09. The Morgan fingerprint density at radius 1 is 1.27 bits per heavy atom. The zero-order chi connectivity index (χ0) is 19.1. The number of amides is 2. The summed E-state index contributed by atoms with van der Waals surface area (Å²) in [6, 6.07) is 7.50. The number of benzene rings is 1. The molecule has 2 aliphatic heterocycles. The van der Waals surface area contributed by atoms with Gasteiger partial charge in [0.05, 0.1) is 0 Å². The number of esters is 1. The first-order chi connectivity index (χ1) is 12.2. The van der Waals surface area contributed by atoms with Gasteiger partial charge in [-0.3, -0.25) is 14.5 Å². The largest absolute Gasteiger partial charge is 0.507 e. The molecule has 0 radical (unpaired) electrons. The second kappa shape index (κ2) is 6.45.